The monoisotopic (exact) mass is 260 g/mol. The summed E-state index contributed by atoms with van der Waals surface area (Å²) < 4.78 is 22.9. The van der Waals surface area contributed by atoms with Gasteiger partial charge in [0.2, 0.25) is 0 Å². The molecule has 0 unspecified atom stereocenters. The van der Waals surface area contributed by atoms with Crippen molar-refractivity contribution < 1.29 is 18.9 Å². The van der Waals surface area contributed by atoms with E-state index in [0.717, 1.165) is 12.8 Å². The molecule has 106 valence electrons. The molecule has 0 bridgehead atoms. The van der Waals surface area contributed by atoms with Crippen LogP contribution in [-0.2, 0) is 18.9 Å². The molecule has 0 radical (unpaired) electrons. The van der Waals surface area contributed by atoms with Crippen LogP contribution in [0.5, 0.6) is 0 Å². The first kappa shape index (κ1) is 14.2. The highest BCUT2D eigenvalue weighted by Crippen LogP contribution is 2.30. The van der Waals surface area contributed by atoms with Gasteiger partial charge in [0.15, 0.2) is 0 Å². The second kappa shape index (κ2) is 7.37. The first-order valence-electron chi connectivity index (χ1n) is 6.73. The van der Waals surface area contributed by atoms with Gasteiger partial charge in [-0.05, 0) is 25.9 Å². The van der Waals surface area contributed by atoms with Gasteiger partial charge in [0.05, 0.1) is 13.2 Å². The Hall–Kier alpha value is -0.240. The highest BCUT2D eigenvalue weighted by atomic mass is 16.6. The molecule has 0 spiro atoms. The largest absolute Gasteiger partial charge is 0.373 e. The Kier molecular flexibility index (Phi) is 5.81. The second-order valence-corrected chi connectivity index (χ2v) is 4.70. The molecule has 6 heteroatoms. The van der Waals surface area contributed by atoms with E-state index in [1.54, 1.807) is 0 Å². The summed E-state index contributed by atoms with van der Waals surface area (Å²) in [4.78, 5) is 0. The van der Waals surface area contributed by atoms with Gasteiger partial charge in [-0.1, -0.05) is 0 Å². The van der Waals surface area contributed by atoms with Crippen LogP contribution in [0, 0.1) is 0 Å². The predicted molar refractivity (Wildman–Crippen MR) is 66.3 cm³/mol. The van der Waals surface area contributed by atoms with E-state index in [1.807, 2.05) is 0 Å². The zero-order valence-corrected chi connectivity index (χ0v) is 10.8. The van der Waals surface area contributed by atoms with Crippen LogP contribution in [-0.4, -0.2) is 63.9 Å². The Morgan fingerprint density at radius 2 is 1.28 bits per heavy atom. The standard InChI is InChI=1S/C12H24N2O4/c13-3-1-5-15-9-7-17-12-10(8-18-11(9)12)16-6-2-4-14/h9-12H,1-8,13-14H2/t9-,10+,11-,12-/m1/s1. The summed E-state index contributed by atoms with van der Waals surface area (Å²) in [6.07, 6.45) is 1.78. The van der Waals surface area contributed by atoms with E-state index in [1.165, 1.54) is 0 Å². The van der Waals surface area contributed by atoms with Crippen LogP contribution in [0.3, 0.4) is 0 Å². The van der Waals surface area contributed by atoms with Gasteiger partial charge in [-0.15, -0.1) is 0 Å². The van der Waals surface area contributed by atoms with Crippen LogP contribution in [0.2, 0.25) is 0 Å². The molecule has 2 heterocycles. The third kappa shape index (κ3) is 3.40. The van der Waals surface area contributed by atoms with Crippen molar-refractivity contribution in [1.82, 2.24) is 0 Å². The minimum Gasteiger partial charge on any atom is -0.373 e. The fourth-order valence-electron chi connectivity index (χ4n) is 2.35. The average Bonchev–Trinajstić information content (AvgIpc) is 2.94. The second-order valence-electron chi connectivity index (χ2n) is 4.70. The van der Waals surface area contributed by atoms with Crippen molar-refractivity contribution in [1.29, 1.82) is 0 Å². The maximum Gasteiger partial charge on any atom is 0.115 e. The summed E-state index contributed by atoms with van der Waals surface area (Å²) in [5.74, 6) is 0. The smallest absolute Gasteiger partial charge is 0.115 e. The van der Waals surface area contributed by atoms with Gasteiger partial charge in [0.25, 0.3) is 0 Å². The molecule has 0 aromatic carbocycles. The van der Waals surface area contributed by atoms with Gasteiger partial charge < -0.3 is 30.4 Å². The van der Waals surface area contributed by atoms with Crippen molar-refractivity contribution in [2.45, 2.75) is 37.3 Å². The summed E-state index contributed by atoms with van der Waals surface area (Å²) >= 11 is 0. The van der Waals surface area contributed by atoms with Gasteiger partial charge in [0.1, 0.15) is 24.4 Å². The third-order valence-corrected chi connectivity index (χ3v) is 3.32. The van der Waals surface area contributed by atoms with Gasteiger partial charge >= 0.3 is 0 Å². The van der Waals surface area contributed by atoms with E-state index in [0.29, 0.717) is 39.5 Å². The van der Waals surface area contributed by atoms with Crippen molar-refractivity contribution in [3.05, 3.63) is 0 Å². The molecule has 18 heavy (non-hydrogen) atoms. The fraction of sp³-hybridized carbons (Fsp3) is 1.00. The Bertz CT molecular complexity index is 218. The maximum absolute atomic E-state index is 5.73. The summed E-state index contributed by atoms with van der Waals surface area (Å²) in [5, 5.41) is 0. The van der Waals surface area contributed by atoms with E-state index in [4.69, 9.17) is 30.4 Å². The predicted octanol–water partition coefficient (Wildman–Crippen LogP) is -0.748. The number of fused-ring (bicyclic) bond motifs is 1. The van der Waals surface area contributed by atoms with Crippen molar-refractivity contribution in [3.8, 4) is 0 Å². The zero-order valence-electron chi connectivity index (χ0n) is 10.8. The van der Waals surface area contributed by atoms with E-state index in [9.17, 15) is 0 Å². The number of hydrogen-bond acceptors (Lipinski definition) is 6. The highest BCUT2D eigenvalue weighted by molar-refractivity contribution is 4.95. The maximum atomic E-state index is 5.73. The molecule has 0 saturated carbocycles. The Morgan fingerprint density at radius 1 is 0.833 bits per heavy atom. The van der Waals surface area contributed by atoms with Crippen molar-refractivity contribution >= 4 is 0 Å². The minimum absolute atomic E-state index is 0.00523. The average molecular weight is 260 g/mol. The lowest BCUT2D eigenvalue weighted by Gasteiger charge is -2.17. The topological polar surface area (TPSA) is 89.0 Å². The van der Waals surface area contributed by atoms with Crippen LogP contribution in [0.15, 0.2) is 0 Å². The lowest BCUT2D eigenvalue weighted by Crippen LogP contribution is -2.34. The summed E-state index contributed by atoms with van der Waals surface area (Å²) in [6.45, 7) is 3.78. The highest BCUT2D eigenvalue weighted by Gasteiger charge is 2.48. The van der Waals surface area contributed by atoms with E-state index in [2.05, 4.69) is 0 Å². The summed E-state index contributed by atoms with van der Waals surface area (Å²) in [5.41, 5.74) is 10.9. The molecular weight excluding hydrogens is 236 g/mol. The SMILES string of the molecule is NCCCO[C@H]1CO[C@H]2[C@@H]1OC[C@H]2OCCCN. The van der Waals surface area contributed by atoms with Gasteiger partial charge in [-0.3, -0.25) is 0 Å². The third-order valence-electron chi connectivity index (χ3n) is 3.32. The quantitative estimate of drug-likeness (QED) is 0.558. The lowest BCUT2D eigenvalue weighted by molar-refractivity contribution is -0.0503. The van der Waals surface area contributed by atoms with Crippen molar-refractivity contribution in [2.75, 3.05) is 39.5 Å². The fourth-order valence-corrected chi connectivity index (χ4v) is 2.35. The van der Waals surface area contributed by atoms with E-state index in [-0.39, 0.29) is 24.4 Å². The van der Waals surface area contributed by atoms with E-state index < -0.39 is 0 Å². The van der Waals surface area contributed by atoms with Gasteiger partial charge in [-0.25, -0.2) is 0 Å². The summed E-state index contributed by atoms with van der Waals surface area (Å²) in [7, 11) is 0. The van der Waals surface area contributed by atoms with Crippen LogP contribution >= 0.6 is 0 Å². The first-order valence-corrected chi connectivity index (χ1v) is 6.73. The Balaban J connectivity index is 1.72. The van der Waals surface area contributed by atoms with Crippen molar-refractivity contribution in [2.24, 2.45) is 11.5 Å². The van der Waals surface area contributed by atoms with Crippen molar-refractivity contribution in [3.63, 3.8) is 0 Å². The summed E-state index contributed by atoms with van der Waals surface area (Å²) in [6, 6.07) is 0. The van der Waals surface area contributed by atoms with Gasteiger partial charge in [-0.2, -0.15) is 0 Å². The molecule has 0 aliphatic carbocycles. The Labute approximate surface area is 108 Å². The molecular formula is C12H24N2O4. The van der Waals surface area contributed by atoms with Crippen LogP contribution in [0.25, 0.3) is 0 Å². The minimum atomic E-state index is 0.00523. The molecule has 4 atom stereocenters. The van der Waals surface area contributed by atoms with Crippen LogP contribution in [0.4, 0.5) is 0 Å². The molecule has 4 N–H and O–H groups in total. The molecule has 6 nitrogen and oxygen atoms in total. The molecule has 2 aliphatic heterocycles. The number of nitrogens with two attached hydrogens (primary N) is 2. The molecule has 0 amide bonds. The van der Waals surface area contributed by atoms with Crippen LogP contribution in [0.1, 0.15) is 12.8 Å². The molecule has 2 rings (SSSR count). The zero-order chi connectivity index (χ0) is 12.8. The molecule has 0 aromatic heterocycles. The van der Waals surface area contributed by atoms with E-state index >= 15 is 0 Å². The number of hydrogen-bond donors (Lipinski definition) is 2. The normalized spacial score (nSPS) is 35.0. The number of rotatable bonds is 8. The number of ether oxygens (including phenoxy) is 4. The molecule has 0 aromatic rings. The lowest BCUT2D eigenvalue weighted by atomic mass is 10.1. The first-order chi connectivity index (χ1) is 8.86. The van der Waals surface area contributed by atoms with Crippen LogP contribution < -0.4 is 11.5 Å². The molecule has 2 fully saturated rings. The Morgan fingerprint density at radius 3 is 1.67 bits per heavy atom. The molecule has 2 aliphatic rings. The van der Waals surface area contributed by atoms with Gasteiger partial charge in [0, 0.05) is 13.2 Å². The molecule has 2 saturated heterocycles.